The molecule has 0 aromatic heterocycles. The Morgan fingerprint density at radius 2 is 1.88 bits per heavy atom. The van der Waals surface area contributed by atoms with E-state index in [9.17, 15) is 9.90 Å². The molecule has 0 radical (unpaired) electrons. The summed E-state index contributed by atoms with van der Waals surface area (Å²) in [5.41, 5.74) is -0.396. The second-order valence-electron chi connectivity index (χ2n) is 5.95. The van der Waals surface area contributed by atoms with Gasteiger partial charge in [0, 0.05) is 19.2 Å². The van der Waals surface area contributed by atoms with Gasteiger partial charge in [-0.25, -0.2) is 0 Å². The first kappa shape index (κ1) is 12.8. The molecule has 0 spiro atoms. The van der Waals surface area contributed by atoms with E-state index in [1.54, 1.807) is 7.11 Å². The molecule has 2 saturated heterocycles. The van der Waals surface area contributed by atoms with E-state index in [0.29, 0.717) is 6.42 Å². The molecule has 4 nitrogen and oxygen atoms in total. The highest BCUT2D eigenvalue weighted by atomic mass is 16.5. The van der Waals surface area contributed by atoms with Gasteiger partial charge < -0.3 is 14.7 Å². The average Bonchev–Trinajstić information content (AvgIpc) is 2.51. The highest BCUT2D eigenvalue weighted by Gasteiger charge is 2.43. The fourth-order valence-corrected chi connectivity index (χ4v) is 3.08. The topological polar surface area (TPSA) is 49.8 Å². The lowest BCUT2D eigenvalue weighted by atomic mass is 9.97. The van der Waals surface area contributed by atoms with E-state index in [4.69, 9.17) is 4.74 Å². The van der Waals surface area contributed by atoms with Crippen LogP contribution in [0.2, 0.25) is 0 Å². The second kappa shape index (κ2) is 4.58. The van der Waals surface area contributed by atoms with Crippen LogP contribution in [0.4, 0.5) is 0 Å². The summed E-state index contributed by atoms with van der Waals surface area (Å²) in [5.74, 6) is 0.177. The summed E-state index contributed by atoms with van der Waals surface area (Å²) in [6, 6.07) is 0.507. The van der Waals surface area contributed by atoms with Crippen molar-refractivity contribution in [1.82, 2.24) is 4.90 Å². The number of fused-ring (bicyclic) bond motifs is 2. The molecule has 2 fully saturated rings. The molecular weight excluding hydrogens is 218 g/mol. The molecule has 1 N–H and O–H groups in total. The first-order chi connectivity index (χ1) is 7.93. The maximum Gasteiger partial charge on any atom is 0.225 e. The molecule has 2 unspecified atom stereocenters. The highest BCUT2D eigenvalue weighted by molar-refractivity contribution is 5.78. The van der Waals surface area contributed by atoms with E-state index in [0.717, 1.165) is 25.7 Å². The van der Waals surface area contributed by atoms with Crippen molar-refractivity contribution in [3.05, 3.63) is 0 Å². The zero-order chi connectivity index (χ0) is 12.6. The van der Waals surface area contributed by atoms with Gasteiger partial charge >= 0.3 is 0 Å². The summed E-state index contributed by atoms with van der Waals surface area (Å²) < 4.78 is 5.31. The van der Waals surface area contributed by atoms with Crippen LogP contribution in [0.15, 0.2) is 0 Å². The summed E-state index contributed by atoms with van der Waals surface area (Å²) in [5, 5.41) is 9.71. The van der Waals surface area contributed by atoms with Gasteiger partial charge in [0.05, 0.1) is 18.1 Å². The van der Waals surface area contributed by atoms with Gasteiger partial charge in [-0.2, -0.15) is 0 Å². The lowest BCUT2D eigenvalue weighted by Gasteiger charge is -2.38. The van der Waals surface area contributed by atoms with Gasteiger partial charge in [-0.05, 0) is 39.5 Å². The summed E-state index contributed by atoms with van der Waals surface area (Å²) >= 11 is 0. The number of amides is 1. The van der Waals surface area contributed by atoms with E-state index in [1.165, 1.54) is 0 Å². The lowest BCUT2D eigenvalue weighted by Crippen LogP contribution is -2.49. The fraction of sp³-hybridized carbons (Fsp3) is 0.923. The Labute approximate surface area is 103 Å². The smallest absolute Gasteiger partial charge is 0.225 e. The fourth-order valence-electron chi connectivity index (χ4n) is 3.08. The first-order valence-corrected chi connectivity index (χ1v) is 6.47. The van der Waals surface area contributed by atoms with Crippen molar-refractivity contribution in [3.63, 3.8) is 0 Å². The van der Waals surface area contributed by atoms with Crippen LogP contribution in [0.25, 0.3) is 0 Å². The minimum absolute atomic E-state index is 0.177. The van der Waals surface area contributed by atoms with Crippen LogP contribution in [0.5, 0.6) is 0 Å². The number of hydrogen-bond acceptors (Lipinski definition) is 3. The zero-order valence-corrected chi connectivity index (χ0v) is 11.0. The Bertz CT molecular complexity index is 289. The SMILES string of the molecule is COC(C)(C)CC(=O)N1C2CCC1CC(O)C2. The maximum absolute atomic E-state index is 12.3. The number of methoxy groups -OCH3 is 1. The van der Waals surface area contributed by atoms with Crippen molar-refractivity contribution >= 4 is 5.91 Å². The number of ether oxygens (including phenoxy) is 1. The number of rotatable bonds is 3. The predicted octanol–water partition coefficient (Wildman–Crippen LogP) is 1.32. The van der Waals surface area contributed by atoms with Gasteiger partial charge in [-0.15, -0.1) is 0 Å². The molecule has 2 aliphatic rings. The first-order valence-electron chi connectivity index (χ1n) is 6.47. The van der Waals surface area contributed by atoms with Crippen LogP contribution in [0.3, 0.4) is 0 Å². The molecule has 0 aliphatic carbocycles. The van der Waals surface area contributed by atoms with Crippen molar-refractivity contribution in [2.75, 3.05) is 7.11 Å². The molecule has 0 saturated carbocycles. The monoisotopic (exact) mass is 241 g/mol. The number of carbonyl (C=O) groups is 1. The lowest BCUT2D eigenvalue weighted by molar-refractivity contribution is -0.142. The van der Waals surface area contributed by atoms with Crippen LogP contribution in [0, 0.1) is 0 Å². The summed E-state index contributed by atoms with van der Waals surface area (Å²) in [6.07, 6.45) is 3.78. The average molecular weight is 241 g/mol. The van der Waals surface area contributed by atoms with Crippen LogP contribution < -0.4 is 0 Å². The summed E-state index contributed by atoms with van der Waals surface area (Å²) in [7, 11) is 1.64. The van der Waals surface area contributed by atoms with Gasteiger partial charge in [0.25, 0.3) is 0 Å². The van der Waals surface area contributed by atoms with Gasteiger partial charge in [-0.3, -0.25) is 4.79 Å². The summed E-state index contributed by atoms with van der Waals surface area (Å²) in [6.45, 7) is 3.87. The van der Waals surface area contributed by atoms with Gasteiger partial charge in [-0.1, -0.05) is 0 Å². The van der Waals surface area contributed by atoms with Crippen molar-refractivity contribution in [2.45, 2.75) is 69.7 Å². The molecule has 2 aliphatic heterocycles. The van der Waals surface area contributed by atoms with Gasteiger partial charge in [0.1, 0.15) is 0 Å². The third-order valence-electron chi connectivity index (χ3n) is 4.13. The number of carbonyl (C=O) groups excluding carboxylic acids is 1. The molecule has 0 aromatic carbocycles. The molecule has 4 heteroatoms. The Morgan fingerprint density at radius 3 is 2.35 bits per heavy atom. The molecule has 17 heavy (non-hydrogen) atoms. The number of piperidine rings is 1. The zero-order valence-electron chi connectivity index (χ0n) is 11.0. The third kappa shape index (κ3) is 2.63. The van der Waals surface area contributed by atoms with E-state index in [1.807, 2.05) is 18.7 Å². The Balaban J connectivity index is 2.01. The predicted molar refractivity (Wildman–Crippen MR) is 64.6 cm³/mol. The number of nitrogens with zero attached hydrogens (tertiary/aromatic N) is 1. The van der Waals surface area contributed by atoms with Crippen LogP contribution in [-0.4, -0.2) is 46.8 Å². The third-order valence-corrected chi connectivity index (χ3v) is 4.13. The summed E-state index contributed by atoms with van der Waals surface area (Å²) in [4.78, 5) is 14.3. The number of aliphatic hydroxyl groups is 1. The Hall–Kier alpha value is -0.610. The molecule has 2 heterocycles. The van der Waals surface area contributed by atoms with Crippen molar-refractivity contribution < 1.29 is 14.6 Å². The largest absolute Gasteiger partial charge is 0.393 e. The molecule has 2 bridgehead atoms. The minimum atomic E-state index is -0.396. The van der Waals surface area contributed by atoms with Crippen molar-refractivity contribution in [3.8, 4) is 0 Å². The van der Waals surface area contributed by atoms with E-state index in [2.05, 4.69) is 0 Å². The van der Waals surface area contributed by atoms with E-state index < -0.39 is 5.60 Å². The number of hydrogen-bond donors (Lipinski definition) is 1. The van der Waals surface area contributed by atoms with Gasteiger partial charge in [0.15, 0.2) is 0 Å². The number of aliphatic hydroxyl groups excluding tert-OH is 1. The molecule has 98 valence electrons. The highest BCUT2D eigenvalue weighted by Crippen LogP contribution is 2.36. The maximum atomic E-state index is 12.3. The normalized spacial score (nSPS) is 32.9. The Kier molecular flexibility index (Phi) is 3.46. The quantitative estimate of drug-likeness (QED) is 0.810. The van der Waals surface area contributed by atoms with E-state index in [-0.39, 0.29) is 24.1 Å². The van der Waals surface area contributed by atoms with Crippen LogP contribution in [-0.2, 0) is 9.53 Å². The van der Waals surface area contributed by atoms with Gasteiger partial charge in [0.2, 0.25) is 5.91 Å². The second-order valence-corrected chi connectivity index (χ2v) is 5.95. The molecule has 2 rings (SSSR count). The van der Waals surface area contributed by atoms with Crippen LogP contribution >= 0.6 is 0 Å². The van der Waals surface area contributed by atoms with Crippen LogP contribution in [0.1, 0.15) is 46.0 Å². The molecule has 1 amide bonds. The van der Waals surface area contributed by atoms with Crippen molar-refractivity contribution in [2.24, 2.45) is 0 Å². The van der Waals surface area contributed by atoms with E-state index >= 15 is 0 Å². The Morgan fingerprint density at radius 1 is 1.35 bits per heavy atom. The molecule has 2 atom stereocenters. The van der Waals surface area contributed by atoms with Crippen molar-refractivity contribution in [1.29, 1.82) is 0 Å². The molecule has 0 aromatic rings. The standard InChI is InChI=1S/C13H23NO3/c1-13(2,17-3)8-12(16)14-9-4-5-10(14)7-11(15)6-9/h9-11,15H,4-8H2,1-3H3. The minimum Gasteiger partial charge on any atom is -0.393 e. The molecular formula is C13H23NO3.